The Hall–Kier alpha value is -1.21. The Labute approximate surface area is 194 Å². The van der Waals surface area contributed by atoms with Gasteiger partial charge in [-0.1, -0.05) is 0 Å². The van der Waals surface area contributed by atoms with Crippen molar-refractivity contribution in [1.29, 1.82) is 0 Å². The average Bonchev–Trinajstić information content (AvgIpc) is 3.10. The largest absolute Gasteiger partial charge is 0.336 e. The molecule has 10 nitrogen and oxygen atoms in total. The normalized spacial score (nSPS) is 32.1. The van der Waals surface area contributed by atoms with E-state index in [0.29, 0.717) is 25.9 Å². The van der Waals surface area contributed by atoms with E-state index in [9.17, 15) is 22.4 Å². The zero-order valence-corrected chi connectivity index (χ0v) is 20.3. The van der Waals surface area contributed by atoms with Gasteiger partial charge < -0.3 is 10.2 Å². The van der Waals surface area contributed by atoms with Crippen LogP contribution in [0.2, 0.25) is 0 Å². The highest BCUT2D eigenvalue weighted by atomic mass is 35.5. The van der Waals surface area contributed by atoms with Gasteiger partial charge in [0.25, 0.3) is 0 Å². The van der Waals surface area contributed by atoms with Gasteiger partial charge in [0.2, 0.25) is 15.9 Å². The molecule has 0 radical (unpaired) electrons. The first-order valence-corrected chi connectivity index (χ1v) is 13.1. The summed E-state index contributed by atoms with van der Waals surface area (Å²) in [4.78, 5) is 30.2. The zero-order valence-electron chi connectivity index (χ0n) is 18.7. The molecule has 0 bridgehead atoms. The number of rotatable bonds is 7. The van der Waals surface area contributed by atoms with E-state index in [1.54, 1.807) is 0 Å². The molecule has 2 heterocycles. The molecule has 5 unspecified atom stereocenters. The number of nitrogens with zero attached hydrogens (tertiary/aromatic N) is 2. The van der Waals surface area contributed by atoms with E-state index in [2.05, 4.69) is 25.8 Å². The number of hydrazine groups is 1. The molecule has 1 aliphatic carbocycles. The third-order valence-corrected chi connectivity index (χ3v) is 8.04. The van der Waals surface area contributed by atoms with Crippen LogP contribution in [-0.4, -0.2) is 92.9 Å². The Kier molecular flexibility index (Phi) is 8.24. The van der Waals surface area contributed by atoms with Gasteiger partial charge >= 0.3 is 6.03 Å². The molecule has 4 N–H and O–H groups in total. The molecule has 3 amide bonds. The molecular formula is C19H34ClFN6O4S. The van der Waals surface area contributed by atoms with E-state index >= 15 is 0 Å². The van der Waals surface area contributed by atoms with Gasteiger partial charge in [-0.2, -0.15) is 0 Å². The van der Waals surface area contributed by atoms with Crippen LogP contribution in [0.4, 0.5) is 9.18 Å². The zero-order chi connectivity index (χ0) is 23.6. The molecule has 2 saturated heterocycles. The number of sulfonamides is 1. The molecule has 3 rings (SSSR count). The summed E-state index contributed by atoms with van der Waals surface area (Å²) in [7, 11) is -1.85. The van der Waals surface area contributed by atoms with Crippen molar-refractivity contribution in [2.75, 3.05) is 39.1 Å². The minimum atomic E-state index is -3.83. The van der Waals surface area contributed by atoms with Crippen molar-refractivity contribution in [1.82, 2.24) is 30.7 Å². The molecule has 13 heteroatoms. The Morgan fingerprint density at radius 3 is 2.50 bits per heavy atom. The van der Waals surface area contributed by atoms with Crippen LogP contribution in [-0.2, 0) is 14.8 Å². The van der Waals surface area contributed by atoms with E-state index in [1.807, 2.05) is 20.9 Å². The minimum absolute atomic E-state index is 0.00109. The molecule has 0 aromatic carbocycles. The fourth-order valence-electron chi connectivity index (χ4n) is 4.61. The highest BCUT2D eigenvalue weighted by Gasteiger charge is 2.44. The summed E-state index contributed by atoms with van der Waals surface area (Å²) < 4.78 is 39.4. The first-order chi connectivity index (χ1) is 14.9. The number of hydrogen-bond acceptors (Lipinski definition) is 6. The molecule has 184 valence electrons. The smallest absolute Gasteiger partial charge is 0.317 e. The van der Waals surface area contributed by atoms with Crippen LogP contribution in [0.1, 0.15) is 26.7 Å². The molecule has 3 fully saturated rings. The Morgan fingerprint density at radius 1 is 1.22 bits per heavy atom. The maximum absolute atomic E-state index is 14.7. The van der Waals surface area contributed by atoms with Crippen molar-refractivity contribution in [2.24, 2.45) is 17.8 Å². The number of carbonyl (C=O) groups excluding carboxylic acids is 2. The van der Waals surface area contributed by atoms with E-state index in [1.165, 1.54) is 4.90 Å². The van der Waals surface area contributed by atoms with E-state index in [0.717, 1.165) is 13.2 Å². The van der Waals surface area contributed by atoms with Crippen LogP contribution in [0.3, 0.4) is 0 Å². The van der Waals surface area contributed by atoms with Gasteiger partial charge in [0.15, 0.2) is 0 Å². The second kappa shape index (κ2) is 10.4. The van der Waals surface area contributed by atoms with Crippen molar-refractivity contribution in [3.05, 3.63) is 0 Å². The molecule has 32 heavy (non-hydrogen) atoms. The summed E-state index contributed by atoms with van der Waals surface area (Å²) >= 11 is 6.20. The topological polar surface area (TPSA) is 123 Å². The van der Waals surface area contributed by atoms with Crippen molar-refractivity contribution in [2.45, 2.75) is 50.3 Å². The average molecular weight is 497 g/mol. The number of carbonyl (C=O) groups is 2. The van der Waals surface area contributed by atoms with Crippen molar-refractivity contribution in [3.63, 3.8) is 0 Å². The molecule has 0 aromatic heterocycles. The predicted octanol–water partition coefficient (Wildman–Crippen LogP) is -0.180. The molecule has 5 atom stereocenters. The minimum Gasteiger partial charge on any atom is -0.336 e. The van der Waals surface area contributed by atoms with Crippen LogP contribution in [0, 0.1) is 17.8 Å². The first kappa shape index (κ1) is 25.4. The number of likely N-dealkylation sites (N-methyl/N-ethyl adjacent to an activating group) is 1. The maximum atomic E-state index is 14.7. The van der Waals surface area contributed by atoms with E-state index in [4.69, 9.17) is 11.6 Å². The van der Waals surface area contributed by atoms with E-state index in [-0.39, 0.29) is 35.7 Å². The van der Waals surface area contributed by atoms with Crippen LogP contribution >= 0.6 is 11.6 Å². The Balaban J connectivity index is 1.47. The van der Waals surface area contributed by atoms with Gasteiger partial charge in [-0.15, -0.1) is 16.4 Å². The number of halogens is 2. The summed E-state index contributed by atoms with van der Waals surface area (Å²) in [5.41, 5.74) is 2.18. The third-order valence-electron chi connectivity index (χ3n) is 6.29. The lowest BCUT2D eigenvalue weighted by Crippen LogP contribution is -2.58. The summed E-state index contributed by atoms with van der Waals surface area (Å²) in [6, 6.07) is -0.108. The van der Waals surface area contributed by atoms with Gasteiger partial charge in [-0.3, -0.25) is 20.4 Å². The highest BCUT2D eigenvalue weighted by Crippen LogP contribution is 2.37. The van der Waals surface area contributed by atoms with Gasteiger partial charge in [0.1, 0.15) is 6.17 Å². The predicted molar refractivity (Wildman–Crippen MR) is 119 cm³/mol. The van der Waals surface area contributed by atoms with Gasteiger partial charge in [0.05, 0.1) is 17.0 Å². The van der Waals surface area contributed by atoms with Crippen LogP contribution < -0.4 is 20.9 Å². The summed E-state index contributed by atoms with van der Waals surface area (Å²) in [6.45, 7) is 5.85. The summed E-state index contributed by atoms with van der Waals surface area (Å²) in [5.74, 6) is -2.17. The van der Waals surface area contributed by atoms with Crippen molar-refractivity contribution in [3.8, 4) is 0 Å². The lowest BCUT2D eigenvalue weighted by atomic mass is 9.76. The number of hydrogen-bond donors (Lipinski definition) is 4. The molecule has 1 saturated carbocycles. The quantitative estimate of drug-likeness (QED) is 0.286. The number of nitrogens with one attached hydrogen (secondary N) is 4. The summed E-state index contributed by atoms with van der Waals surface area (Å²) in [6.07, 6.45) is -0.783. The van der Waals surface area contributed by atoms with Crippen LogP contribution in [0.25, 0.3) is 0 Å². The third kappa shape index (κ3) is 6.43. The standard InChI is InChI=1S/C19H34ClFN6O4S/c1-11(2)23-19(29)27-6-12(7-27)9-32(30,31)25-24-18(28)14-4-13(5-15(20)17(14)21)16-8-26(3)10-22-16/h11-17,22,25H,4-10H2,1-3H3,(H,23,29)(H,24,28). The number of urea groups is 1. The van der Waals surface area contributed by atoms with Crippen LogP contribution in [0.5, 0.6) is 0 Å². The van der Waals surface area contributed by atoms with Crippen molar-refractivity contribution < 1.29 is 22.4 Å². The SMILES string of the molecule is CC(C)NC(=O)N1CC(CS(=O)(=O)NNC(=O)C2CC(C3CN(C)CN3)CC(Cl)C2F)C1. The van der Waals surface area contributed by atoms with Gasteiger partial charge in [-0.05, 0) is 39.7 Å². The van der Waals surface area contributed by atoms with Gasteiger partial charge in [-0.25, -0.2) is 17.6 Å². The Bertz CT molecular complexity index is 797. The van der Waals surface area contributed by atoms with Gasteiger partial charge in [0, 0.05) is 44.3 Å². The number of alkyl halides is 2. The second-order valence-corrected chi connectivity index (χ2v) is 11.9. The molecule has 0 spiro atoms. The van der Waals surface area contributed by atoms with Crippen LogP contribution in [0.15, 0.2) is 0 Å². The fraction of sp³-hybridized carbons (Fsp3) is 0.895. The Morgan fingerprint density at radius 2 is 1.91 bits per heavy atom. The second-order valence-electron chi connectivity index (χ2n) is 9.55. The molecular weight excluding hydrogens is 463 g/mol. The molecule has 2 aliphatic heterocycles. The highest BCUT2D eigenvalue weighted by molar-refractivity contribution is 7.89. The van der Waals surface area contributed by atoms with E-state index < -0.39 is 33.4 Å². The maximum Gasteiger partial charge on any atom is 0.317 e. The molecule has 0 aromatic rings. The molecule has 3 aliphatic rings. The number of amides is 3. The lowest BCUT2D eigenvalue weighted by Gasteiger charge is -2.39. The van der Waals surface area contributed by atoms with Crippen molar-refractivity contribution >= 4 is 33.6 Å². The first-order valence-electron chi connectivity index (χ1n) is 11.0. The monoisotopic (exact) mass is 496 g/mol. The number of likely N-dealkylation sites (tertiary alicyclic amines) is 1. The fourth-order valence-corrected chi connectivity index (χ4v) is 6.18. The summed E-state index contributed by atoms with van der Waals surface area (Å²) in [5, 5.41) is 5.30. The lowest BCUT2D eigenvalue weighted by molar-refractivity contribution is -0.129.